The molecular formula is C26H27N3O5. The van der Waals surface area contributed by atoms with E-state index in [1.165, 1.54) is 0 Å². The zero-order chi connectivity index (χ0) is 23.9. The molecule has 2 N–H and O–H groups in total. The Balaban J connectivity index is 1.27. The minimum absolute atomic E-state index is 0.110. The lowest BCUT2D eigenvalue weighted by molar-refractivity contribution is -0.126. The third-order valence-electron chi connectivity index (χ3n) is 5.70. The summed E-state index contributed by atoms with van der Waals surface area (Å²) in [6.45, 7) is 2.50. The summed E-state index contributed by atoms with van der Waals surface area (Å²) in [7, 11) is 0. The van der Waals surface area contributed by atoms with E-state index in [2.05, 4.69) is 10.6 Å². The maximum atomic E-state index is 12.5. The highest BCUT2D eigenvalue weighted by Gasteiger charge is 2.35. The molecule has 0 saturated carbocycles. The first-order valence-electron chi connectivity index (χ1n) is 11.2. The highest BCUT2D eigenvalue weighted by Crippen LogP contribution is 2.27. The summed E-state index contributed by atoms with van der Waals surface area (Å²) >= 11 is 0. The summed E-state index contributed by atoms with van der Waals surface area (Å²) in [6.07, 6.45) is 2.52. The van der Waals surface area contributed by atoms with Crippen molar-refractivity contribution in [3.8, 4) is 5.75 Å². The molecule has 2 aromatic carbocycles. The van der Waals surface area contributed by atoms with E-state index in [-0.39, 0.29) is 30.7 Å². The predicted octanol–water partition coefficient (Wildman–Crippen LogP) is 3.53. The number of carbonyl (C=O) groups excluding carboxylic acids is 3. The summed E-state index contributed by atoms with van der Waals surface area (Å²) in [5, 5.41) is 5.68. The standard InChI is InChI=1S/C26H27N3O5/c1-2-18-6-3-4-8-23(18)28-24(30)17-34-21-11-9-20(10-12-21)29-16-19(14-25(29)31)26(32)27-15-22-7-5-13-33-22/h3-13,19H,2,14-17H2,1H3,(H,27,32)(H,28,30)/t19-/m1/s1. The zero-order valence-electron chi connectivity index (χ0n) is 19.0. The lowest BCUT2D eigenvalue weighted by atomic mass is 10.1. The second kappa shape index (κ2) is 10.7. The molecule has 0 bridgehead atoms. The highest BCUT2D eigenvalue weighted by atomic mass is 16.5. The smallest absolute Gasteiger partial charge is 0.262 e. The highest BCUT2D eigenvalue weighted by molar-refractivity contribution is 6.00. The van der Waals surface area contributed by atoms with E-state index in [0.29, 0.717) is 30.3 Å². The number of ether oxygens (including phenoxy) is 1. The van der Waals surface area contributed by atoms with Crippen LogP contribution in [0.3, 0.4) is 0 Å². The number of carbonyl (C=O) groups is 3. The first kappa shape index (κ1) is 23.1. The Morgan fingerprint density at radius 3 is 2.62 bits per heavy atom. The third-order valence-corrected chi connectivity index (χ3v) is 5.70. The molecule has 8 heteroatoms. The molecule has 1 aromatic heterocycles. The Hall–Kier alpha value is -4.07. The van der Waals surface area contributed by atoms with E-state index in [1.54, 1.807) is 47.6 Å². The van der Waals surface area contributed by atoms with Gasteiger partial charge in [0.1, 0.15) is 11.5 Å². The quantitative estimate of drug-likeness (QED) is 0.508. The van der Waals surface area contributed by atoms with Crippen LogP contribution < -0.4 is 20.3 Å². The van der Waals surface area contributed by atoms with Gasteiger partial charge in [-0.3, -0.25) is 14.4 Å². The molecule has 3 aromatic rings. The first-order chi connectivity index (χ1) is 16.5. The van der Waals surface area contributed by atoms with Crippen LogP contribution in [0.1, 0.15) is 24.7 Å². The maximum Gasteiger partial charge on any atom is 0.262 e. The van der Waals surface area contributed by atoms with Crippen LogP contribution in [0.25, 0.3) is 0 Å². The van der Waals surface area contributed by atoms with Gasteiger partial charge in [0.25, 0.3) is 5.91 Å². The number of para-hydroxylation sites is 1. The Kier molecular flexibility index (Phi) is 7.27. The van der Waals surface area contributed by atoms with Crippen LogP contribution in [0.2, 0.25) is 0 Å². The topological polar surface area (TPSA) is 101 Å². The molecule has 34 heavy (non-hydrogen) atoms. The summed E-state index contributed by atoms with van der Waals surface area (Å²) in [4.78, 5) is 38.8. The van der Waals surface area contributed by atoms with Crippen molar-refractivity contribution in [3.05, 3.63) is 78.3 Å². The van der Waals surface area contributed by atoms with Gasteiger partial charge in [-0.25, -0.2) is 0 Å². The minimum Gasteiger partial charge on any atom is -0.484 e. The number of rotatable bonds is 9. The van der Waals surface area contributed by atoms with Gasteiger partial charge in [0.15, 0.2) is 6.61 Å². The Morgan fingerprint density at radius 2 is 1.88 bits per heavy atom. The number of amides is 3. The Labute approximate surface area is 197 Å². The molecule has 1 saturated heterocycles. The fraction of sp³-hybridized carbons (Fsp3) is 0.269. The van der Waals surface area contributed by atoms with Gasteiger partial charge in [-0.15, -0.1) is 0 Å². The van der Waals surface area contributed by atoms with E-state index in [1.807, 2.05) is 31.2 Å². The van der Waals surface area contributed by atoms with Gasteiger partial charge in [-0.05, 0) is 54.4 Å². The lowest BCUT2D eigenvalue weighted by Gasteiger charge is -2.17. The fourth-order valence-corrected chi connectivity index (χ4v) is 3.87. The fourth-order valence-electron chi connectivity index (χ4n) is 3.87. The van der Waals surface area contributed by atoms with E-state index >= 15 is 0 Å². The van der Waals surface area contributed by atoms with Gasteiger partial charge < -0.3 is 24.7 Å². The zero-order valence-corrected chi connectivity index (χ0v) is 19.0. The molecule has 2 heterocycles. The van der Waals surface area contributed by atoms with Crippen molar-refractivity contribution < 1.29 is 23.5 Å². The van der Waals surface area contributed by atoms with Gasteiger partial charge in [0.2, 0.25) is 11.8 Å². The van der Waals surface area contributed by atoms with Crippen molar-refractivity contribution >= 4 is 29.1 Å². The maximum absolute atomic E-state index is 12.5. The van der Waals surface area contributed by atoms with E-state index in [4.69, 9.17) is 9.15 Å². The summed E-state index contributed by atoms with van der Waals surface area (Å²) in [5.74, 6) is 0.218. The van der Waals surface area contributed by atoms with Crippen LogP contribution in [-0.2, 0) is 27.3 Å². The van der Waals surface area contributed by atoms with Gasteiger partial charge in [-0.2, -0.15) is 0 Å². The molecule has 1 aliphatic rings. The lowest BCUT2D eigenvalue weighted by Crippen LogP contribution is -2.32. The number of aryl methyl sites for hydroxylation is 1. The number of nitrogens with zero attached hydrogens (tertiary/aromatic N) is 1. The second-order valence-corrected chi connectivity index (χ2v) is 8.04. The third kappa shape index (κ3) is 5.64. The van der Waals surface area contributed by atoms with E-state index in [0.717, 1.165) is 17.7 Å². The van der Waals surface area contributed by atoms with Crippen LogP contribution in [0.15, 0.2) is 71.3 Å². The Bertz CT molecular complexity index is 1140. The largest absolute Gasteiger partial charge is 0.484 e. The molecule has 0 radical (unpaired) electrons. The molecule has 3 amide bonds. The van der Waals surface area contributed by atoms with Crippen LogP contribution >= 0.6 is 0 Å². The van der Waals surface area contributed by atoms with Crippen molar-refractivity contribution in [3.63, 3.8) is 0 Å². The molecule has 4 rings (SSSR count). The molecule has 176 valence electrons. The number of hydrogen-bond donors (Lipinski definition) is 2. The molecule has 1 atom stereocenters. The van der Waals surface area contributed by atoms with Gasteiger partial charge in [0.05, 0.1) is 18.7 Å². The molecule has 1 fully saturated rings. The van der Waals surface area contributed by atoms with Crippen molar-refractivity contribution in [2.75, 3.05) is 23.4 Å². The molecule has 1 aliphatic heterocycles. The summed E-state index contributed by atoms with van der Waals surface area (Å²) < 4.78 is 10.8. The average molecular weight is 462 g/mol. The van der Waals surface area contributed by atoms with Crippen LogP contribution in [0.4, 0.5) is 11.4 Å². The summed E-state index contributed by atoms with van der Waals surface area (Å²) in [6, 6.07) is 18.1. The van der Waals surface area contributed by atoms with E-state index in [9.17, 15) is 14.4 Å². The van der Waals surface area contributed by atoms with Crippen LogP contribution in [0, 0.1) is 5.92 Å². The average Bonchev–Trinajstić information content (AvgIpc) is 3.52. The van der Waals surface area contributed by atoms with Gasteiger partial charge in [-0.1, -0.05) is 25.1 Å². The van der Waals surface area contributed by atoms with Gasteiger partial charge >= 0.3 is 0 Å². The first-order valence-corrected chi connectivity index (χ1v) is 11.2. The van der Waals surface area contributed by atoms with E-state index < -0.39 is 5.92 Å². The van der Waals surface area contributed by atoms with Crippen molar-refractivity contribution in [1.29, 1.82) is 0 Å². The number of hydrogen-bond acceptors (Lipinski definition) is 5. The second-order valence-electron chi connectivity index (χ2n) is 8.04. The molecule has 8 nitrogen and oxygen atoms in total. The normalized spacial score (nSPS) is 15.3. The minimum atomic E-state index is -0.423. The Morgan fingerprint density at radius 1 is 1.09 bits per heavy atom. The molecular weight excluding hydrogens is 434 g/mol. The van der Waals surface area contributed by atoms with Crippen molar-refractivity contribution in [2.45, 2.75) is 26.3 Å². The number of benzene rings is 2. The molecule has 0 unspecified atom stereocenters. The van der Waals surface area contributed by atoms with Crippen molar-refractivity contribution in [1.82, 2.24) is 5.32 Å². The van der Waals surface area contributed by atoms with Gasteiger partial charge in [0, 0.05) is 24.3 Å². The van der Waals surface area contributed by atoms with Crippen LogP contribution in [-0.4, -0.2) is 30.9 Å². The number of nitrogens with one attached hydrogen (secondary N) is 2. The number of furan rings is 1. The van der Waals surface area contributed by atoms with Crippen LogP contribution in [0.5, 0.6) is 5.75 Å². The molecule has 0 spiro atoms. The van der Waals surface area contributed by atoms with Crippen molar-refractivity contribution in [2.24, 2.45) is 5.92 Å². The SMILES string of the molecule is CCc1ccccc1NC(=O)COc1ccc(N2C[C@H](C(=O)NCc3ccco3)CC2=O)cc1. The monoisotopic (exact) mass is 461 g/mol. The summed E-state index contributed by atoms with van der Waals surface area (Å²) in [5.41, 5.74) is 2.52. The molecule has 0 aliphatic carbocycles. The predicted molar refractivity (Wildman–Crippen MR) is 127 cm³/mol. The number of anilines is 2.